The normalized spacial score (nSPS) is 17.9. The Labute approximate surface area is 174 Å². The van der Waals surface area contributed by atoms with Gasteiger partial charge in [0.15, 0.2) is 0 Å². The number of ketones is 1. The summed E-state index contributed by atoms with van der Waals surface area (Å²) in [7, 11) is 3.87. The van der Waals surface area contributed by atoms with Crippen LogP contribution in [-0.2, 0) is 9.59 Å². The molecule has 1 N–H and O–H groups in total. The summed E-state index contributed by atoms with van der Waals surface area (Å²) in [5.41, 5.74) is 2.22. The number of hydrogen-bond donors (Lipinski definition) is 1. The maximum atomic E-state index is 13.0. The van der Waals surface area contributed by atoms with Crippen molar-refractivity contribution in [3.05, 3.63) is 95.7 Å². The van der Waals surface area contributed by atoms with E-state index >= 15 is 0 Å². The standard InChI is InChI=1S/C24H21N3O3/c1-26(2)18-13-11-16(12-14-18)21-20(22(28)17-8-4-3-5-9-17)23(29)24(30)27(21)19-10-6-7-15-25-19/h3-15,21,28H,1-2H3. The summed E-state index contributed by atoms with van der Waals surface area (Å²) in [5, 5.41) is 11.0. The van der Waals surface area contributed by atoms with Crippen LogP contribution < -0.4 is 9.80 Å². The quantitative estimate of drug-likeness (QED) is 0.411. The molecule has 1 aliphatic heterocycles. The van der Waals surface area contributed by atoms with Crippen LogP contribution in [0.25, 0.3) is 5.76 Å². The molecule has 1 fully saturated rings. The third kappa shape index (κ3) is 3.33. The highest BCUT2D eigenvalue weighted by Crippen LogP contribution is 2.41. The number of aliphatic hydroxyl groups is 1. The van der Waals surface area contributed by atoms with Gasteiger partial charge in [0.2, 0.25) is 0 Å². The summed E-state index contributed by atoms with van der Waals surface area (Å²) in [6.07, 6.45) is 1.57. The van der Waals surface area contributed by atoms with Gasteiger partial charge in [-0.2, -0.15) is 0 Å². The molecule has 1 aliphatic rings. The van der Waals surface area contributed by atoms with Gasteiger partial charge in [0, 0.05) is 31.5 Å². The molecule has 3 aromatic rings. The van der Waals surface area contributed by atoms with Crippen molar-refractivity contribution >= 4 is 29.0 Å². The minimum absolute atomic E-state index is 0.0504. The SMILES string of the molecule is CN(C)c1ccc(C2C(=C(O)c3ccccc3)C(=O)C(=O)N2c2ccccn2)cc1. The summed E-state index contributed by atoms with van der Waals surface area (Å²) in [4.78, 5) is 33.6. The Morgan fingerprint density at radius 3 is 2.20 bits per heavy atom. The van der Waals surface area contributed by atoms with Gasteiger partial charge in [-0.1, -0.05) is 48.5 Å². The fourth-order valence-corrected chi connectivity index (χ4v) is 3.59. The zero-order valence-corrected chi connectivity index (χ0v) is 16.7. The molecule has 0 spiro atoms. The molecule has 4 rings (SSSR count). The minimum atomic E-state index is -0.781. The van der Waals surface area contributed by atoms with Gasteiger partial charge in [0.1, 0.15) is 11.6 Å². The Balaban J connectivity index is 1.92. The Morgan fingerprint density at radius 1 is 0.933 bits per heavy atom. The van der Waals surface area contributed by atoms with Crippen molar-refractivity contribution in [3.8, 4) is 0 Å². The molecule has 1 amide bonds. The van der Waals surface area contributed by atoms with Gasteiger partial charge in [0.05, 0.1) is 11.6 Å². The lowest BCUT2D eigenvalue weighted by Crippen LogP contribution is -2.30. The van der Waals surface area contributed by atoms with E-state index in [2.05, 4.69) is 4.98 Å². The van der Waals surface area contributed by atoms with E-state index in [-0.39, 0.29) is 11.3 Å². The Morgan fingerprint density at radius 2 is 1.60 bits per heavy atom. The number of aromatic nitrogens is 1. The van der Waals surface area contributed by atoms with Gasteiger partial charge in [-0.25, -0.2) is 4.98 Å². The number of hydrogen-bond acceptors (Lipinski definition) is 5. The largest absolute Gasteiger partial charge is 0.507 e. The van der Waals surface area contributed by atoms with Crippen LogP contribution in [0.4, 0.5) is 11.5 Å². The highest BCUT2D eigenvalue weighted by molar-refractivity contribution is 6.51. The number of benzene rings is 2. The number of carbonyl (C=O) groups excluding carboxylic acids is 2. The third-order valence-corrected chi connectivity index (χ3v) is 5.11. The van der Waals surface area contributed by atoms with Crippen LogP contribution in [0.5, 0.6) is 0 Å². The second-order valence-corrected chi connectivity index (χ2v) is 7.21. The molecule has 150 valence electrons. The second kappa shape index (κ2) is 7.83. The molecule has 6 heteroatoms. The van der Waals surface area contributed by atoms with Gasteiger partial charge in [-0.05, 0) is 29.8 Å². The molecule has 0 aliphatic carbocycles. The number of Topliss-reactive ketones (excluding diaryl/α,β-unsaturated/α-hetero) is 1. The van der Waals surface area contributed by atoms with Crippen molar-refractivity contribution in [1.29, 1.82) is 0 Å². The molecule has 0 bridgehead atoms. The van der Waals surface area contributed by atoms with Crippen LogP contribution >= 0.6 is 0 Å². The van der Waals surface area contributed by atoms with Gasteiger partial charge in [-0.3, -0.25) is 14.5 Å². The number of carbonyl (C=O) groups is 2. The first kappa shape index (κ1) is 19.4. The van der Waals surface area contributed by atoms with E-state index in [9.17, 15) is 14.7 Å². The lowest BCUT2D eigenvalue weighted by atomic mass is 9.95. The summed E-state index contributed by atoms with van der Waals surface area (Å²) < 4.78 is 0. The highest BCUT2D eigenvalue weighted by Gasteiger charge is 2.47. The van der Waals surface area contributed by atoms with Crippen molar-refractivity contribution in [2.24, 2.45) is 0 Å². The fourth-order valence-electron chi connectivity index (χ4n) is 3.59. The minimum Gasteiger partial charge on any atom is -0.507 e. The van der Waals surface area contributed by atoms with E-state index in [1.54, 1.807) is 48.7 Å². The van der Waals surface area contributed by atoms with E-state index in [0.717, 1.165) is 5.69 Å². The third-order valence-electron chi connectivity index (χ3n) is 5.11. The van der Waals surface area contributed by atoms with E-state index in [1.165, 1.54) is 4.90 Å². The molecule has 1 aromatic heterocycles. The van der Waals surface area contributed by atoms with E-state index in [1.807, 2.05) is 49.3 Å². The summed E-state index contributed by atoms with van der Waals surface area (Å²) in [6, 6.07) is 20.7. The fraction of sp³-hybridized carbons (Fsp3) is 0.125. The Bertz CT molecular complexity index is 1110. The van der Waals surface area contributed by atoms with Crippen molar-refractivity contribution in [1.82, 2.24) is 4.98 Å². The molecule has 2 aromatic carbocycles. The van der Waals surface area contributed by atoms with Crippen LogP contribution in [0.2, 0.25) is 0 Å². The number of nitrogens with zero attached hydrogens (tertiary/aromatic N) is 3. The molecule has 30 heavy (non-hydrogen) atoms. The van der Waals surface area contributed by atoms with Gasteiger partial charge in [0.25, 0.3) is 5.78 Å². The van der Waals surface area contributed by atoms with E-state index in [4.69, 9.17) is 0 Å². The number of amides is 1. The molecular formula is C24H21N3O3. The highest BCUT2D eigenvalue weighted by atomic mass is 16.3. The van der Waals surface area contributed by atoms with Gasteiger partial charge in [-0.15, -0.1) is 0 Å². The molecule has 1 saturated heterocycles. The molecular weight excluding hydrogens is 378 g/mol. The monoisotopic (exact) mass is 399 g/mol. The maximum absolute atomic E-state index is 13.0. The van der Waals surface area contributed by atoms with Crippen LogP contribution in [0.15, 0.2) is 84.6 Å². The maximum Gasteiger partial charge on any atom is 0.301 e. The summed E-state index contributed by atoms with van der Waals surface area (Å²) in [5.74, 6) is -1.29. The van der Waals surface area contributed by atoms with Crippen LogP contribution in [0.1, 0.15) is 17.2 Å². The summed E-state index contributed by atoms with van der Waals surface area (Å²) in [6.45, 7) is 0. The van der Waals surface area contributed by atoms with E-state index < -0.39 is 17.7 Å². The van der Waals surface area contributed by atoms with Crippen molar-refractivity contribution in [2.45, 2.75) is 6.04 Å². The second-order valence-electron chi connectivity index (χ2n) is 7.21. The van der Waals surface area contributed by atoms with Crippen LogP contribution in [-0.4, -0.2) is 35.9 Å². The number of aliphatic hydroxyl groups excluding tert-OH is 1. The molecule has 6 nitrogen and oxygen atoms in total. The topological polar surface area (TPSA) is 73.7 Å². The predicted molar refractivity (Wildman–Crippen MR) is 116 cm³/mol. The van der Waals surface area contributed by atoms with Crippen molar-refractivity contribution in [3.63, 3.8) is 0 Å². The molecule has 0 radical (unpaired) electrons. The number of pyridine rings is 1. The lowest BCUT2D eigenvalue weighted by Gasteiger charge is -2.25. The van der Waals surface area contributed by atoms with Crippen LogP contribution in [0, 0.1) is 0 Å². The predicted octanol–water partition coefficient (Wildman–Crippen LogP) is 3.77. The van der Waals surface area contributed by atoms with Crippen molar-refractivity contribution in [2.75, 3.05) is 23.9 Å². The van der Waals surface area contributed by atoms with Crippen LogP contribution in [0.3, 0.4) is 0 Å². The Kier molecular flexibility index (Phi) is 5.06. The lowest BCUT2D eigenvalue weighted by molar-refractivity contribution is -0.132. The average molecular weight is 399 g/mol. The first-order valence-corrected chi connectivity index (χ1v) is 9.54. The molecule has 1 atom stereocenters. The van der Waals surface area contributed by atoms with Gasteiger partial charge >= 0.3 is 5.91 Å². The molecule has 1 unspecified atom stereocenters. The smallest absolute Gasteiger partial charge is 0.301 e. The first-order chi connectivity index (χ1) is 14.5. The molecule has 2 heterocycles. The van der Waals surface area contributed by atoms with E-state index in [0.29, 0.717) is 16.9 Å². The average Bonchev–Trinajstić information content (AvgIpc) is 3.05. The Hall–Kier alpha value is -3.93. The van der Waals surface area contributed by atoms with Gasteiger partial charge < -0.3 is 10.0 Å². The number of anilines is 2. The number of rotatable bonds is 4. The zero-order valence-electron chi connectivity index (χ0n) is 16.7. The molecule has 0 saturated carbocycles. The van der Waals surface area contributed by atoms with Crippen molar-refractivity contribution < 1.29 is 14.7 Å². The first-order valence-electron chi connectivity index (χ1n) is 9.54. The zero-order chi connectivity index (χ0) is 21.3. The summed E-state index contributed by atoms with van der Waals surface area (Å²) >= 11 is 0.